The van der Waals surface area contributed by atoms with Crippen LogP contribution in [-0.4, -0.2) is 61.4 Å². The SMILES string of the molecule is C=CC(C)C(=O)N1CCN(c2ccc(-c3cc(-c4cn(C)nc4C)cn4ncc(C#N)c34)cn2)CC1. The summed E-state index contributed by atoms with van der Waals surface area (Å²) in [6, 6.07) is 8.36. The third kappa shape index (κ3) is 4.11. The molecule has 0 radical (unpaired) electrons. The molecule has 4 aromatic rings. The van der Waals surface area contributed by atoms with Crippen LogP contribution < -0.4 is 4.90 Å². The molecule has 9 heteroatoms. The molecule has 1 atom stereocenters. The van der Waals surface area contributed by atoms with Crippen LogP contribution in [0.2, 0.25) is 0 Å². The topological polar surface area (TPSA) is 95.4 Å². The van der Waals surface area contributed by atoms with Crippen molar-refractivity contribution in [2.75, 3.05) is 31.1 Å². The molecule has 5 rings (SSSR count). The number of aryl methyl sites for hydroxylation is 2. The average Bonchev–Trinajstić information content (AvgIpc) is 3.49. The lowest BCUT2D eigenvalue weighted by molar-refractivity contribution is -0.133. The molecule has 1 aliphatic heterocycles. The van der Waals surface area contributed by atoms with Gasteiger partial charge in [-0.15, -0.1) is 6.58 Å². The van der Waals surface area contributed by atoms with Crippen molar-refractivity contribution < 1.29 is 4.79 Å². The van der Waals surface area contributed by atoms with Gasteiger partial charge in [0, 0.05) is 74.1 Å². The Hall–Kier alpha value is -4.45. The first-order valence-electron chi connectivity index (χ1n) is 11.9. The Bertz CT molecular complexity index is 1480. The zero-order valence-electron chi connectivity index (χ0n) is 20.7. The minimum absolute atomic E-state index is 0.120. The van der Waals surface area contributed by atoms with E-state index < -0.39 is 0 Å². The Balaban J connectivity index is 1.45. The highest BCUT2D eigenvalue weighted by Gasteiger charge is 2.24. The summed E-state index contributed by atoms with van der Waals surface area (Å²) in [5.41, 5.74) is 5.95. The van der Waals surface area contributed by atoms with Crippen molar-refractivity contribution >= 4 is 17.2 Å². The summed E-state index contributed by atoms with van der Waals surface area (Å²) >= 11 is 0. The van der Waals surface area contributed by atoms with Crippen LogP contribution in [0.1, 0.15) is 18.2 Å². The molecule has 5 heterocycles. The number of fused-ring (bicyclic) bond motifs is 1. The molecule has 0 N–H and O–H groups in total. The van der Waals surface area contributed by atoms with Crippen molar-refractivity contribution in [1.29, 1.82) is 5.26 Å². The zero-order chi connectivity index (χ0) is 25.4. The number of carbonyl (C=O) groups excluding carboxylic acids is 1. The van der Waals surface area contributed by atoms with Crippen LogP contribution in [0.15, 0.2) is 55.6 Å². The third-order valence-corrected chi connectivity index (χ3v) is 6.77. The molecule has 0 bridgehead atoms. The van der Waals surface area contributed by atoms with Crippen molar-refractivity contribution in [2.45, 2.75) is 13.8 Å². The van der Waals surface area contributed by atoms with Crippen molar-refractivity contribution in [3.05, 3.63) is 66.9 Å². The lowest BCUT2D eigenvalue weighted by Crippen LogP contribution is -2.50. The maximum Gasteiger partial charge on any atom is 0.229 e. The second kappa shape index (κ2) is 9.30. The highest BCUT2D eigenvalue weighted by Crippen LogP contribution is 2.33. The van der Waals surface area contributed by atoms with E-state index in [1.807, 2.05) is 56.5 Å². The van der Waals surface area contributed by atoms with E-state index >= 15 is 0 Å². The lowest BCUT2D eigenvalue weighted by atomic mass is 10.0. The molecule has 0 aromatic carbocycles. The van der Waals surface area contributed by atoms with Crippen LogP contribution in [-0.2, 0) is 11.8 Å². The molecule has 1 aliphatic rings. The fraction of sp³-hybridized carbons (Fsp3) is 0.296. The van der Waals surface area contributed by atoms with Gasteiger partial charge in [0.15, 0.2) is 0 Å². The molecule has 182 valence electrons. The number of nitrogens with zero attached hydrogens (tertiary/aromatic N) is 8. The third-order valence-electron chi connectivity index (χ3n) is 6.77. The molecule has 0 spiro atoms. The number of amides is 1. The van der Waals surface area contributed by atoms with Gasteiger partial charge in [0.1, 0.15) is 11.9 Å². The van der Waals surface area contributed by atoms with Gasteiger partial charge in [-0.05, 0) is 25.1 Å². The molecule has 9 nitrogen and oxygen atoms in total. The fourth-order valence-electron chi connectivity index (χ4n) is 4.73. The number of hydrogen-bond acceptors (Lipinski definition) is 6. The van der Waals surface area contributed by atoms with E-state index in [1.165, 1.54) is 0 Å². The number of anilines is 1. The predicted octanol–water partition coefficient (Wildman–Crippen LogP) is 3.45. The van der Waals surface area contributed by atoms with Crippen molar-refractivity contribution in [2.24, 2.45) is 13.0 Å². The molecule has 1 fully saturated rings. The van der Waals surface area contributed by atoms with E-state index in [0.717, 1.165) is 52.4 Å². The van der Waals surface area contributed by atoms with Gasteiger partial charge in [0.05, 0.1) is 28.9 Å². The lowest BCUT2D eigenvalue weighted by Gasteiger charge is -2.36. The van der Waals surface area contributed by atoms with Gasteiger partial charge in [0.25, 0.3) is 0 Å². The molecular formula is C27H28N8O. The quantitative estimate of drug-likeness (QED) is 0.406. The summed E-state index contributed by atoms with van der Waals surface area (Å²) in [7, 11) is 1.90. The minimum atomic E-state index is -0.168. The fourth-order valence-corrected chi connectivity index (χ4v) is 4.73. The number of nitriles is 1. The standard InChI is InChI=1S/C27H28N8O/c1-5-18(2)27(36)34-10-8-33(9-11-34)25-7-6-20(14-29-25)23-12-21(24-17-32(4)31-19(24)3)16-35-26(23)22(13-28)15-30-35/h5-7,12,14-18H,1,8-11H2,2-4H3. The molecule has 0 aliphatic carbocycles. The van der Waals surface area contributed by atoms with Crippen molar-refractivity contribution in [3.8, 4) is 28.3 Å². The monoisotopic (exact) mass is 480 g/mol. The Kier molecular flexibility index (Phi) is 6.02. The van der Waals surface area contributed by atoms with Gasteiger partial charge in [-0.3, -0.25) is 9.48 Å². The predicted molar refractivity (Wildman–Crippen MR) is 138 cm³/mol. The first-order valence-corrected chi connectivity index (χ1v) is 11.9. The van der Waals surface area contributed by atoms with Gasteiger partial charge in [-0.2, -0.15) is 15.5 Å². The summed E-state index contributed by atoms with van der Waals surface area (Å²) < 4.78 is 3.55. The van der Waals surface area contributed by atoms with Crippen molar-refractivity contribution in [1.82, 2.24) is 29.3 Å². The van der Waals surface area contributed by atoms with Crippen molar-refractivity contribution in [3.63, 3.8) is 0 Å². The van der Waals surface area contributed by atoms with Crippen LogP contribution in [0, 0.1) is 24.2 Å². The summed E-state index contributed by atoms with van der Waals surface area (Å²) in [6.45, 7) is 10.4. The molecule has 36 heavy (non-hydrogen) atoms. The first-order chi connectivity index (χ1) is 17.4. The van der Waals surface area contributed by atoms with Gasteiger partial charge in [-0.1, -0.05) is 13.0 Å². The van der Waals surface area contributed by atoms with E-state index in [-0.39, 0.29) is 11.8 Å². The maximum absolute atomic E-state index is 12.4. The molecule has 4 aromatic heterocycles. The largest absolute Gasteiger partial charge is 0.353 e. The van der Waals surface area contributed by atoms with Crippen LogP contribution in [0.25, 0.3) is 27.8 Å². The average molecular weight is 481 g/mol. The van der Waals surface area contributed by atoms with E-state index in [4.69, 9.17) is 4.98 Å². The molecular weight excluding hydrogens is 452 g/mol. The second-order valence-electron chi connectivity index (χ2n) is 9.15. The molecule has 1 saturated heterocycles. The van der Waals surface area contributed by atoms with E-state index in [0.29, 0.717) is 18.7 Å². The van der Waals surface area contributed by atoms with Gasteiger partial charge >= 0.3 is 0 Å². The minimum Gasteiger partial charge on any atom is -0.353 e. The number of rotatable bonds is 5. The highest BCUT2D eigenvalue weighted by atomic mass is 16.2. The van der Waals surface area contributed by atoms with Gasteiger partial charge < -0.3 is 9.80 Å². The van der Waals surface area contributed by atoms with Crippen LogP contribution in [0.4, 0.5) is 5.82 Å². The Morgan fingerprint density at radius 1 is 1.14 bits per heavy atom. The number of aromatic nitrogens is 5. The Labute approximate surface area is 209 Å². The number of hydrogen-bond donors (Lipinski definition) is 0. The number of pyridine rings is 2. The van der Waals surface area contributed by atoms with Crippen LogP contribution in [0.5, 0.6) is 0 Å². The number of carbonyl (C=O) groups is 1. The van der Waals surface area contributed by atoms with E-state index in [1.54, 1.807) is 21.5 Å². The molecule has 0 saturated carbocycles. The highest BCUT2D eigenvalue weighted by molar-refractivity contribution is 5.88. The van der Waals surface area contributed by atoms with E-state index in [9.17, 15) is 10.1 Å². The first kappa shape index (κ1) is 23.3. The van der Waals surface area contributed by atoms with Gasteiger partial charge in [-0.25, -0.2) is 9.50 Å². The summed E-state index contributed by atoms with van der Waals surface area (Å²) in [5.74, 6) is 0.820. The molecule has 1 amide bonds. The maximum atomic E-state index is 12.4. The summed E-state index contributed by atoms with van der Waals surface area (Å²) in [6.07, 6.45) is 9.04. The molecule has 1 unspecified atom stereocenters. The van der Waals surface area contributed by atoms with Gasteiger partial charge in [0.2, 0.25) is 5.91 Å². The van der Waals surface area contributed by atoms with Crippen LogP contribution in [0.3, 0.4) is 0 Å². The zero-order valence-corrected chi connectivity index (χ0v) is 20.7. The second-order valence-corrected chi connectivity index (χ2v) is 9.15. The Morgan fingerprint density at radius 3 is 2.53 bits per heavy atom. The number of piperazine rings is 1. The smallest absolute Gasteiger partial charge is 0.229 e. The summed E-state index contributed by atoms with van der Waals surface area (Å²) in [5, 5.41) is 18.6. The Morgan fingerprint density at radius 2 is 1.92 bits per heavy atom. The van der Waals surface area contributed by atoms with E-state index in [2.05, 4.69) is 33.8 Å². The normalized spacial score (nSPS) is 14.6. The summed E-state index contributed by atoms with van der Waals surface area (Å²) in [4.78, 5) is 21.3. The van der Waals surface area contributed by atoms with Crippen LogP contribution >= 0.6 is 0 Å².